The fourth-order valence-corrected chi connectivity index (χ4v) is 1.14. The van der Waals surface area contributed by atoms with E-state index in [2.05, 4.69) is 9.72 Å². The smallest absolute Gasteiger partial charge is 0.422 e. The molecule has 0 aromatic carbocycles. The van der Waals surface area contributed by atoms with E-state index >= 15 is 0 Å². The first-order valence-electron chi connectivity index (χ1n) is 4.13. The van der Waals surface area contributed by atoms with Gasteiger partial charge in [0, 0.05) is 17.6 Å². The molecule has 0 aliphatic heterocycles. The van der Waals surface area contributed by atoms with Crippen LogP contribution in [0.1, 0.15) is 11.1 Å². The number of aryl methyl sites for hydroxylation is 1. The standard InChI is InChI=1S/C9H9ClF3NO/c1-6-2-7(3-10)4-14-8(6)15-5-9(11,12)13/h2,4H,3,5H2,1H3. The van der Waals surface area contributed by atoms with Crippen LogP contribution in [0.4, 0.5) is 13.2 Å². The van der Waals surface area contributed by atoms with Gasteiger partial charge in [-0.2, -0.15) is 13.2 Å². The van der Waals surface area contributed by atoms with Gasteiger partial charge in [-0.1, -0.05) is 0 Å². The van der Waals surface area contributed by atoms with Crippen molar-refractivity contribution in [3.05, 3.63) is 23.4 Å². The molecule has 0 aliphatic rings. The molecule has 1 heterocycles. The highest BCUT2D eigenvalue weighted by atomic mass is 35.5. The van der Waals surface area contributed by atoms with Gasteiger partial charge < -0.3 is 4.74 Å². The molecule has 0 fully saturated rings. The molecular weight excluding hydrogens is 231 g/mol. The summed E-state index contributed by atoms with van der Waals surface area (Å²) in [6.45, 7) is 0.288. The van der Waals surface area contributed by atoms with Crippen molar-refractivity contribution < 1.29 is 17.9 Å². The molecule has 0 saturated carbocycles. The molecular formula is C9H9ClF3NO. The van der Waals surface area contributed by atoms with Crippen molar-refractivity contribution in [2.45, 2.75) is 19.0 Å². The molecule has 0 atom stereocenters. The van der Waals surface area contributed by atoms with Crippen molar-refractivity contribution in [1.29, 1.82) is 0 Å². The second-order valence-corrected chi connectivity index (χ2v) is 3.27. The molecule has 0 spiro atoms. The largest absolute Gasteiger partial charge is 0.468 e. The van der Waals surface area contributed by atoms with Gasteiger partial charge in [-0.25, -0.2) is 4.98 Å². The highest BCUT2D eigenvalue weighted by molar-refractivity contribution is 6.17. The predicted octanol–water partition coefficient (Wildman–Crippen LogP) is 3.07. The molecule has 0 amide bonds. The first-order valence-corrected chi connectivity index (χ1v) is 4.67. The van der Waals surface area contributed by atoms with Crippen molar-refractivity contribution in [2.24, 2.45) is 0 Å². The number of hydrogen-bond acceptors (Lipinski definition) is 2. The number of hydrogen-bond donors (Lipinski definition) is 0. The van der Waals surface area contributed by atoms with Gasteiger partial charge in [0.25, 0.3) is 0 Å². The second kappa shape index (κ2) is 4.70. The van der Waals surface area contributed by atoms with E-state index in [9.17, 15) is 13.2 Å². The van der Waals surface area contributed by atoms with Crippen LogP contribution >= 0.6 is 11.6 Å². The summed E-state index contributed by atoms with van der Waals surface area (Å²) in [6.07, 6.45) is -2.95. The van der Waals surface area contributed by atoms with Crippen molar-refractivity contribution in [3.8, 4) is 5.88 Å². The van der Waals surface area contributed by atoms with Crippen LogP contribution in [0.25, 0.3) is 0 Å². The van der Waals surface area contributed by atoms with Gasteiger partial charge >= 0.3 is 6.18 Å². The van der Waals surface area contributed by atoms with Crippen LogP contribution in [0.15, 0.2) is 12.3 Å². The fraction of sp³-hybridized carbons (Fsp3) is 0.444. The van der Waals surface area contributed by atoms with Crippen LogP contribution in [-0.4, -0.2) is 17.8 Å². The number of halogens is 4. The molecule has 84 valence electrons. The van der Waals surface area contributed by atoms with E-state index in [1.165, 1.54) is 6.20 Å². The van der Waals surface area contributed by atoms with Gasteiger partial charge in [0.1, 0.15) is 0 Å². The van der Waals surface area contributed by atoms with Gasteiger partial charge in [-0.05, 0) is 18.6 Å². The Kier molecular flexibility index (Phi) is 3.79. The Labute approximate surface area is 90.0 Å². The van der Waals surface area contributed by atoms with Gasteiger partial charge in [0.2, 0.25) is 5.88 Å². The Morgan fingerprint density at radius 3 is 2.60 bits per heavy atom. The number of pyridine rings is 1. The maximum atomic E-state index is 11.8. The normalized spacial score (nSPS) is 11.5. The minimum Gasteiger partial charge on any atom is -0.468 e. The molecule has 0 N–H and O–H groups in total. The Morgan fingerprint density at radius 1 is 1.47 bits per heavy atom. The zero-order chi connectivity index (χ0) is 11.5. The highest BCUT2D eigenvalue weighted by Gasteiger charge is 2.28. The Bertz CT molecular complexity index is 341. The fourth-order valence-electron chi connectivity index (χ4n) is 0.995. The minimum absolute atomic E-state index is 0.0128. The summed E-state index contributed by atoms with van der Waals surface area (Å²) in [5, 5.41) is 0. The molecule has 15 heavy (non-hydrogen) atoms. The summed E-state index contributed by atoms with van der Waals surface area (Å²) >= 11 is 5.54. The van der Waals surface area contributed by atoms with E-state index in [1.807, 2.05) is 0 Å². The summed E-state index contributed by atoms with van der Waals surface area (Å²) < 4.78 is 40.1. The van der Waals surface area contributed by atoms with E-state index in [0.29, 0.717) is 5.56 Å². The molecule has 1 rings (SSSR count). The number of aromatic nitrogens is 1. The molecule has 1 aromatic rings. The van der Waals surface area contributed by atoms with Crippen LogP contribution in [0, 0.1) is 6.92 Å². The maximum Gasteiger partial charge on any atom is 0.422 e. The van der Waals surface area contributed by atoms with Crippen molar-refractivity contribution in [3.63, 3.8) is 0 Å². The molecule has 6 heteroatoms. The van der Waals surface area contributed by atoms with Crippen LogP contribution in [-0.2, 0) is 5.88 Å². The van der Waals surface area contributed by atoms with Crippen molar-refractivity contribution in [1.82, 2.24) is 4.98 Å². The molecule has 0 aliphatic carbocycles. The minimum atomic E-state index is -4.35. The van der Waals surface area contributed by atoms with Crippen LogP contribution in [0.3, 0.4) is 0 Å². The second-order valence-electron chi connectivity index (χ2n) is 3.00. The molecule has 1 aromatic heterocycles. The predicted molar refractivity (Wildman–Crippen MR) is 50.1 cm³/mol. The monoisotopic (exact) mass is 239 g/mol. The van der Waals surface area contributed by atoms with E-state index < -0.39 is 12.8 Å². The summed E-state index contributed by atoms with van der Waals surface area (Å²) in [6, 6.07) is 1.64. The first-order chi connectivity index (χ1) is 6.92. The molecule has 0 unspecified atom stereocenters. The number of rotatable bonds is 3. The topological polar surface area (TPSA) is 22.1 Å². The van der Waals surface area contributed by atoms with Crippen LogP contribution in [0.2, 0.25) is 0 Å². The number of nitrogens with zero attached hydrogens (tertiary/aromatic N) is 1. The van der Waals surface area contributed by atoms with Crippen LogP contribution in [0.5, 0.6) is 5.88 Å². The third-order valence-corrected chi connectivity index (χ3v) is 1.92. The molecule has 0 bridgehead atoms. The maximum absolute atomic E-state index is 11.8. The Balaban J connectivity index is 2.70. The summed E-state index contributed by atoms with van der Waals surface area (Å²) in [5.41, 5.74) is 1.28. The van der Waals surface area contributed by atoms with Crippen molar-refractivity contribution >= 4 is 11.6 Å². The number of ether oxygens (including phenoxy) is 1. The first kappa shape index (κ1) is 12.1. The van der Waals surface area contributed by atoms with Gasteiger partial charge in [0.05, 0.1) is 0 Å². The lowest BCUT2D eigenvalue weighted by Gasteiger charge is -2.10. The summed E-state index contributed by atoms with van der Waals surface area (Å²) in [4.78, 5) is 3.75. The zero-order valence-corrected chi connectivity index (χ0v) is 8.69. The summed E-state index contributed by atoms with van der Waals surface area (Å²) in [5.74, 6) is 0.258. The van der Waals surface area contributed by atoms with Gasteiger partial charge in [0.15, 0.2) is 6.61 Å². The van der Waals surface area contributed by atoms with Gasteiger partial charge in [-0.15, -0.1) is 11.6 Å². The van der Waals surface area contributed by atoms with E-state index in [-0.39, 0.29) is 11.8 Å². The van der Waals surface area contributed by atoms with E-state index in [4.69, 9.17) is 11.6 Å². The van der Waals surface area contributed by atoms with Crippen LogP contribution < -0.4 is 4.74 Å². The zero-order valence-electron chi connectivity index (χ0n) is 7.94. The molecule has 2 nitrogen and oxygen atoms in total. The third kappa shape index (κ3) is 3.95. The Morgan fingerprint density at radius 2 is 2.13 bits per heavy atom. The molecule has 0 radical (unpaired) electrons. The Hall–Kier alpha value is -0.970. The van der Waals surface area contributed by atoms with E-state index in [0.717, 1.165) is 5.56 Å². The summed E-state index contributed by atoms with van der Waals surface area (Å²) in [7, 11) is 0. The number of alkyl halides is 4. The lowest BCUT2D eigenvalue weighted by molar-refractivity contribution is -0.154. The average Bonchev–Trinajstić information content (AvgIpc) is 2.14. The van der Waals surface area contributed by atoms with Crippen molar-refractivity contribution in [2.75, 3.05) is 6.61 Å². The SMILES string of the molecule is Cc1cc(CCl)cnc1OCC(F)(F)F. The quantitative estimate of drug-likeness (QED) is 0.757. The lowest BCUT2D eigenvalue weighted by Crippen LogP contribution is -2.20. The van der Waals surface area contributed by atoms with E-state index in [1.54, 1.807) is 13.0 Å². The third-order valence-electron chi connectivity index (χ3n) is 1.61. The molecule has 0 saturated heterocycles. The highest BCUT2D eigenvalue weighted by Crippen LogP contribution is 2.20. The lowest BCUT2D eigenvalue weighted by atomic mass is 10.2. The average molecular weight is 240 g/mol. The van der Waals surface area contributed by atoms with Gasteiger partial charge in [-0.3, -0.25) is 0 Å².